The first-order chi connectivity index (χ1) is 12.8. The zero-order valence-corrected chi connectivity index (χ0v) is 16.4. The number of benzene rings is 1. The van der Waals surface area contributed by atoms with Crippen molar-refractivity contribution in [3.05, 3.63) is 23.8 Å². The topological polar surface area (TPSA) is 68.8 Å². The van der Waals surface area contributed by atoms with E-state index in [1.165, 1.54) is 18.4 Å². The standard InChI is InChI=1S/C20H28N2O4.ClH/c23-19(12-16-13-24-8-7-21-16)22-14-20(5-1-2-6-20)15-3-4-17-18(11-15)26-10-9-25-17;/h3-4,11,16,21H,1-2,5-10,12-14H2,(H,22,23);1H. The van der Waals surface area contributed by atoms with Crippen LogP contribution in [0.2, 0.25) is 0 Å². The lowest BCUT2D eigenvalue weighted by Crippen LogP contribution is -2.46. The zero-order valence-electron chi connectivity index (χ0n) is 15.6. The van der Waals surface area contributed by atoms with Crippen molar-refractivity contribution >= 4 is 18.3 Å². The van der Waals surface area contributed by atoms with Crippen LogP contribution in [0.4, 0.5) is 0 Å². The van der Waals surface area contributed by atoms with Gasteiger partial charge in [-0.05, 0) is 30.5 Å². The normalized spacial score (nSPS) is 23.3. The van der Waals surface area contributed by atoms with E-state index in [2.05, 4.69) is 22.8 Å². The minimum atomic E-state index is 0. The van der Waals surface area contributed by atoms with E-state index in [0.717, 1.165) is 37.5 Å². The third-order valence-corrected chi connectivity index (χ3v) is 5.77. The quantitative estimate of drug-likeness (QED) is 0.798. The number of hydrogen-bond donors (Lipinski definition) is 2. The van der Waals surface area contributed by atoms with E-state index in [1.54, 1.807) is 0 Å². The van der Waals surface area contributed by atoms with Crippen LogP contribution < -0.4 is 20.1 Å². The second kappa shape index (κ2) is 9.13. The summed E-state index contributed by atoms with van der Waals surface area (Å²) in [5, 5.41) is 6.52. The molecule has 0 spiro atoms. The van der Waals surface area contributed by atoms with Crippen LogP contribution in [0.1, 0.15) is 37.7 Å². The van der Waals surface area contributed by atoms with Gasteiger partial charge in [-0.1, -0.05) is 18.9 Å². The van der Waals surface area contributed by atoms with Gasteiger partial charge in [0.25, 0.3) is 0 Å². The fourth-order valence-corrected chi connectivity index (χ4v) is 4.31. The van der Waals surface area contributed by atoms with E-state index in [1.807, 2.05) is 6.07 Å². The van der Waals surface area contributed by atoms with Gasteiger partial charge in [0.05, 0.1) is 13.2 Å². The van der Waals surface area contributed by atoms with Gasteiger partial charge in [-0.3, -0.25) is 4.79 Å². The van der Waals surface area contributed by atoms with Crippen molar-refractivity contribution in [1.82, 2.24) is 10.6 Å². The summed E-state index contributed by atoms with van der Waals surface area (Å²) in [5.41, 5.74) is 1.25. The second-order valence-corrected chi connectivity index (χ2v) is 7.55. The van der Waals surface area contributed by atoms with Crippen LogP contribution >= 0.6 is 12.4 Å². The average molecular weight is 397 g/mol. The number of ether oxygens (including phenoxy) is 3. The molecule has 7 heteroatoms. The van der Waals surface area contributed by atoms with Crippen LogP contribution in [0.5, 0.6) is 11.5 Å². The van der Waals surface area contributed by atoms with Crippen molar-refractivity contribution in [2.24, 2.45) is 0 Å². The molecule has 1 atom stereocenters. The number of fused-ring (bicyclic) bond motifs is 1. The summed E-state index contributed by atoms with van der Waals surface area (Å²) in [6, 6.07) is 6.39. The first kappa shape index (κ1) is 20.2. The molecule has 0 aromatic heterocycles. The minimum absolute atomic E-state index is 0. The maximum atomic E-state index is 12.4. The van der Waals surface area contributed by atoms with Crippen molar-refractivity contribution in [2.45, 2.75) is 43.6 Å². The monoisotopic (exact) mass is 396 g/mol. The van der Waals surface area contributed by atoms with Gasteiger partial charge in [-0.15, -0.1) is 12.4 Å². The fourth-order valence-electron chi connectivity index (χ4n) is 4.31. The molecule has 1 saturated carbocycles. The van der Waals surface area contributed by atoms with Crippen LogP contribution in [0.25, 0.3) is 0 Å². The van der Waals surface area contributed by atoms with E-state index >= 15 is 0 Å². The number of morpholine rings is 1. The molecule has 2 heterocycles. The Hall–Kier alpha value is -1.50. The van der Waals surface area contributed by atoms with Gasteiger partial charge in [-0.2, -0.15) is 0 Å². The van der Waals surface area contributed by atoms with E-state index in [-0.39, 0.29) is 29.8 Å². The molecule has 2 N–H and O–H groups in total. The van der Waals surface area contributed by atoms with E-state index in [0.29, 0.717) is 32.8 Å². The smallest absolute Gasteiger partial charge is 0.221 e. The minimum Gasteiger partial charge on any atom is -0.486 e. The summed E-state index contributed by atoms with van der Waals surface area (Å²) in [6.45, 7) is 4.04. The Bertz CT molecular complexity index is 643. The molecule has 1 saturated heterocycles. The molecule has 6 nitrogen and oxygen atoms in total. The molecule has 1 unspecified atom stereocenters. The summed E-state index contributed by atoms with van der Waals surface area (Å²) in [7, 11) is 0. The highest BCUT2D eigenvalue weighted by molar-refractivity contribution is 5.85. The maximum absolute atomic E-state index is 12.4. The molecule has 0 bridgehead atoms. The number of halogens is 1. The van der Waals surface area contributed by atoms with E-state index < -0.39 is 0 Å². The highest BCUT2D eigenvalue weighted by Crippen LogP contribution is 2.43. The lowest BCUT2D eigenvalue weighted by atomic mass is 9.78. The van der Waals surface area contributed by atoms with Crippen molar-refractivity contribution in [3.63, 3.8) is 0 Å². The van der Waals surface area contributed by atoms with Gasteiger partial charge < -0.3 is 24.8 Å². The summed E-state index contributed by atoms with van der Waals surface area (Å²) in [5.74, 6) is 1.74. The fraction of sp³-hybridized carbons (Fsp3) is 0.650. The first-order valence-corrected chi connectivity index (χ1v) is 9.73. The Morgan fingerprint density at radius 3 is 2.67 bits per heavy atom. The summed E-state index contributed by atoms with van der Waals surface area (Å²) in [6.07, 6.45) is 5.05. The molecule has 2 aliphatic heterocycles. The number of carbonyl (C=O) groups excluding carboxylic acids is 1. The summed E-state index contributed by atoms with van der Waals surface area (Å²) in [4.78, 5) is 12.4. The number of nitrogens with one attached hydrogen (secondary N) is 2. The van der Waals surface area contributed by atoms with Crippen LogP contribution in [-0.2, 0) is 14.9 Å². The van der Waals surface area contributed by atoms with Crippen molar-refractivity contribution in [2.75, 3.05) is 39.5 Å². The Kier molecular flexibility index (Phi) is 6.84. The van der Waals surface area contributed by atoms with E-state index in [4.69, 9.17) is 14.2 Å². The molecule has 0 radical (unpaired) electrons. The van der Waals surface area contributed by atoms with Crippen LogP contribution in [0, 0.1) is 0 Å². The maximum Gasteiger partial charge on any atom is 0.221 e. The van der Waals surface area contributed by atoms with Crippen LogP contribution in [0.15, 0.2) is 18.2 Å². The van der Waals surface area contributed by atoms with Gasteiger partial charge in [-0.25, -0.2) is 0 Å². The number of rotatable bonds is 5. The van der Waals surface area contributed by atoms with Gasteiger partial charge in [0.2, 0.25) is 5.91 Å². The molecule has 1 aromatic carbocycles. The van der Waals surface area contributed by atoms with Crippen LogP contribution in [-0.4, -0.2) is 51.5 Å². The highest BCUT2D eigenvalue weighted by atomic mass is 35.5. The van der Waals surface area contributed by atoms with Crippen molar-refractivity contribution in [3.8, 4) is 11.5 Å². The molecule has 1 amide bonds. The van der Waals surface area contributed by atoms with Gasteiger partial charge in [0.1, 0.15) is 13.2 Å². The molecule has 3 aliphatic rings. The molecule has 27 heavy (non-hydrogen) atoms. The van der Waals surface area contributed by atoms with Crippen molar-refractivity contribution in [1.29, 1.82) is 0 Å². The summed E-state index contributed by atoms with van der Waals surface area (Å²) >= 11 is 0. The van der Waals surface area contributed by atoms with E-state index in [9.17, 15) is 4.79 Å². The van der Waals surface area contributed by atoms with Crippen LogP contribution in [0.3, 0.4) is 0 Å². The van der Waals surface area contributed by atoms with Gasteiger partial charge >= 0.3 is 0 Å². The Labute approximate surface area is 166 Å². The molecular weight excluding hydrogens is 368 g/mol. The second-order valence-electron chi connectivity index (χ2n) is 7.55. The predicted molar refractivity (Wildman–Crippen MR) is 105 cm³/mol. The lowest BCUT2D eigenvalue weighted by molar-refractivity contribution is -0.122. The Morgan fingerprint density at radius 1 is 1.15 bits per heavy atom. The largest absolute Gasteiger partial charge is 0.486 e. The number of hydrogen-bond acceptors (Lipinski definition) is 5. The van der Waals surface area contributed by atoms with Crippen molar-refractivity contribution < 1.29 is 19.0 Å². The third kappa shape index (κ3) is 4.68. The molecule has 150 valence electrons. The average Bonchev–Trinajstić information content (AvgIpc) is 3.17. The molecule has 1 aliphatic carbocycles. The Morgan fingerprint density at radius 2 is 1.93 bits per heavy atom. The zero-order chi connectivity index (χ0) is 17.8. The molecule has 2 fully saturated rings. The molecular formula is C20H29ClN2O4. The Balaban J connectivity index is 0.00000210. The number of amides is 1. The third-order valence-electron chi connectivity index (χ3n) is 5.77. The number of carbonyl (C=O) groups is 1. The summed E-state index contributed by atoms with van der Waals surface area (Å²) < 4.78 is 16.8. The molecule has 1 aromatic rings. The highest BCUT2D eigenvalue weighted by Gasteiger charge is 2.37. The first-order valence-electron chi connectivity index (χ1n) is 9.73. The SMILES string of the molecule is Cl.O=C(CC1COCCN1)NCC1(c2ccc3c(c2)OCCO3)CCCC1. The van der Waals surface area contributed by atoms with Gasteiger partial charge in [0, 0.05) is 31.0 Å². The predicted octanol–water partition coefficient (Wildman–Crippen LogP) is 2.19. The lowest BCUT2D eigenvalue weighted by Gasteiger charge is -2.32. The molecule has 4 rings (SSSR count). The van der Waals surface area contributed by atoms with Gasteiger partial charge in [0.15, 0.2) is 11.5 Å².